The van der Waals surface area contributed by atoms with E-state index in [1.807, 2.05) is 13.0 Å². The van der Waals surface area contributed by atoms with Crippen molar-refractivity contribution in [2.75, 3.05) is 11.9 Å². The Kier molecular flexibility index (Phi) is 4.41. The molecule has 0 saturated heterocycles. The number of aryl methyl sites for hydroxylation is 3. The Balaban J connectivity index is 2.20. The molecule has 2 N–H and O–H groups in total. The first-order chi connectivity index (χ1) is 10.0. The quantitative estimate of drug-likeness (QED) is 0.823. The number of nitrogens with zero attached hydrogens (tertiary/aromatic N) is 2. The van der Waals surface area contributed by atoms with E-state index in [2.05, 4.69) is 22.3 Å². The fourth-order valence-corrected chi connectivity index (χ4v) is 2.04. The molecule has 0 bridgehead atoms. The summed E-state index contributed by atoms with van der Waals surface area (Å²) in [7, 11) is 1.78. The van der Waals surface area contributed by atoms with Gasteiger partial charge in [-0.15, -0.1) is 0 Å². The molecule has 1 aromatic heterocycles. The molecule has 108 valence electrons. The Morgan fingerprint density at radius 2 is 2.19 bits per heavy atom. The van der Waals surface area contributed by atoms with Gasteiger partial charge in [0.05, 0.1) is 11.3 Å². The molecule has 0 unspecified atom stereocenters. The van der Waals surface area contributed by atoms with Crippen LogP contribution in [0.1, 0.15) is 27.2 Å². The van der Waals surface area contributed by atoms with Gasteiger partial charge in [-0.3, -0.25) is 9.48 Å². The zero-order valence-electron chi connectivity index (χ0n) is 12.3. The molecular weight excluding hydrogens is 266 g/mol. The SMILES string of the molecule is Cc1cc(C#CCO)ccc1NC(=O)c1cn(C)nc1C. The van der Waals surface area contributed by atoms with Crippen molar-refractivity contribution in [2.45, 2.75) is 13.8 Å². The summed E-state index contributed by atoms with van der Waals surface area (Å²) in [6.45, 7) is 3.53. The summed E-state index contributed by atoms with van der Waals surface area (Å²) in [6.07, 6.45) is 1.70. The molecule has 0 aliphatic carbocycles. The number of carbonyl (C=O) groups excluding carboxylic acids is 1. The number of aliphatic hydroxyl groups is 1. The molecule has 21 heavy (non-hydrogen) atoms. The molecule has 0 atom stereocenters. The summed E-state index contributed by atoms with van der Waals surface area (Å²) in [4.78, 5) is 12.2. The van der Waals surface area contributed by atoms with Crippen molar-refractivity contribution in [3.05, 3.63) is 46.8 Å². The number of amides is 1. The molecule has 2 rings (SSSR count). The largest absolute Gasteiger partial charge is 0.384 e. The van der Waals surface area contributed by atoms with Gasteiger partial charge in [0.25, 0.3) is 5.91 Å². The van der Waals surface area contributed by atoms with Crippen LogP contribution in [0.25, 0.3) is 0 Å². The molecule has 5 heteroatoms. The molecule has 0 fully saturated rings. The van der Waals surface area contributed by atoms with E-state index in [-0.39, 0.29) is 12.5 Å². The van der Waals surface area contributed by atoms with Crippen molar-refractivity contribution in [1.29, 1.82) is 0 Å². The fourth-order valence-electron chi connectivity index (χ4n) is 2.04. The van der Waals surface area contributed by atoms with Crippen LogP contribution in [0.4, 0.5) is 5.69 Å². The number of aromatic nitrogens is 2. The van der Waals surface area contributed by atoms with Crippen molar-refractivity contribution < 1.29 is 9.90 Å². The van der Waals surface area contributed by atoms with Crippen LogP contribution in [0.3, 0.4) is 0 Å². The van der Waals surface area contributed by atoms with Gasteiger partial charge in [0.1, 0.15) is 6.61 Å². The van der Waals surface area contributed by atoms with Gasteiger partial charge >= 0.3 is 0 Å². The summed E-state index contributed by atoms with van der Waals surface area (Å²) in [5.74, 6) is 5.25. The second kappa shape index (κ2) is 6.25. The lowest BCUT2D eigenvalue weighted by Crippen LogP contribution is -2.13. The third kappa shape index (κ3) is 3.50. The average molecular weight is 283 g/mol. The third-order valence-electron chi connectivity index (χ3n) is 3.04. The van der Waals surface area contributed by atoms with E-state index in [4.69, 9.17) is 5.11 Å². The lowest BCUT2D eigenvalue weighted by atomic mass is 10.1. The standard InChI is InChI=1S/C16H17N3O2/c1-11-9-13(5-4-8-20)6-7-15(11)17-16(21)14-10-19(3)18-12(14)2/h6-7,9-10,20H,8H2,1-3H3,(H,17,21). The highest BCUT2D eigenvalue weighted by atomic mass is 16.2. The lowest BCUT2D eigenvalue weighted by molar-refractivity contribution is 0.102. The van der Waals surface area contributed by atoms with E-state index in [1.54, 1.807) is 37.0 Å². The third-order valence-corrected chi connectivity index (χ3v) is 3.04. The summed E-state index contributed by atoms with van der Waals surface area (Å²) in [6, 6.07) is 5.48. The van der Waals surface area contributed by atoms with Gasteiger partial charge in [0.15, 0.2) is 0 Å². The molecule has 0 aliphatic rings. The van der Waals surface area contributed by atoms with Gasteiger partial charge in [-0.1, -0.05) is 11.8 Å². The minimum atomic E-state index is -0.183. The number of nitrogens with one attached hydrogen (secondary N) is 1. The predicted octanol–water partition coefficient (Wildman–Crippen LogP) is 1.63. The van der Waals surface area contributed by atoms with Crippen LogP contribution in [-0.4, -0.2) is 27.4 Å². The molecule has 0 aliphatic heterocycles. The van der Waals surface area contributed by atoms with Crippen LogP contribution in [0.2, 0.25) is 0 Å². The number of benzene rings is 1. The molecule has 1 aromatic carbocycles. The number of carbonyl (C=O) groups is 1. The first-order valence-corrected chi connectivity index (χ1v) is 6.53. The second-order valence-electron chi connectivity index (χ2n) is 4.75. The first kappa shape index (κ1) is 14.8. The number of hydrogen-bond donors (Lipinski definition) is 2. The van der Waals surface area contributed by atoms with Crippen molar-refractivity contribution in [2.24, 2.45) is 7.05 Å². The van der Waals surface area contributed by atoms with Gasteiger partial charge in [-0.05, 0) is 37.6 Å². The van der Waals surface area contributed by atoms with Gasteiger partial charge in [-0.2, -0.15) is 5.10 Å². The fraction of sp³-hybridized carbons (Fsp3) is 0.250. The van der Waals surface area contributed by atoms with Crippen LogP contribution < -0.4 is 5.32 Å². The molecule has 0 radical (unpaired) electrons. The van der Waals surface area contributed by atoms with E-state index >= 15 is 0 Å². The van der Waals surface area contributed by atoms with Crippen molar-refractivity contribution in [3.8, 4) is 11.8 Å². The maximum absolute atomic E-state index is 12.2. The zero-order chi connectivity index (χ0) is 15.4. The zero-order valence-corrected chi connectivity index (χ0v) is 12.3. The Morgan fingerprint density at radius 1 is 1.43 bits per heavy atom. The van der Waals surface area contributed by atoms with E-state index in [9.17, 15) is 4.79 Å². The molecular formula is C16H17N3O2. The minimum absolute atomic E-state index is 0.169. The summed E-state index contributed by atoms with van der Waals surface area (Å²) >= 11 is 0. The van der Waals surface area contributed by atoms with Crippen LogP contribution in [-0.2, 0) is 7.05 Å². The van der Waals surface area contributed by atoms with Crippen molar-refractivity contribution in [3.63, 3.8) is 0 Å². The molecule has 1 heterocycles. The van der Waals surface area contributed by atoms with Crippen LogP contribution in [0, 0.1) is 25.7 Å². The van der Waals surface area contributed by atoms with Gasteiger partial charge in [0.2, 0.25) is 0 Å². The van der Waals surface area contributed by atoms with Crippen molar-refractivity contribution >= 4 is 11.6 Å². The molecule has 0 saturated carbocycles. The van der Waals surface area contributed by atoms with Gasteiger partial charge < -0.3 is 10.4 Å². The van der Waals surface area contributed by atoms with E-state index in [1.165, 1.54) is 0 Å². The monoisotopic (exact) mass is 283 g/mol. The maximum Gasteiger partial charge on any atom is 0.259 e. The van der Waals surface area contributed by atoms with E-state index < -0.39 is 0 Å². The Bertz CT molecular complexity index is 736. The van der Waals surface area contributed by atoms with Crippen LogP contribution in [0.15, 0.2) is 24.4 Å². The highest BCUT2D eigenvalue weighted by Gasteiger charge is 2.13. The van der Waals surface area contributed by atoms with Crippen LogP contribution >= 0.6 is 0 Å². The smallest absolute Gasteiger partial charge is 0.259 e. The van der Waals surface area contributed by atoms with Crippen molar-refractivity contribution in [1.82, 2.24) is 9.78 Å². The topological polar surface area (TPSA) is 67.2 Å². The Labute approximate surface area is 123 Å². The van der Waals surface area contributed by atoms with Gasteiger partial charge in [0, 0.05) is 24.5 Å². The highest BCUT2D eigenvalue weighted by Crippen LogP contribution is 2.18. The normalized spacial score (nSPS) is 9.90. The molecule has 1 amide bonds. The van der Waals surface area contributed by atoms with Gasteiger partial charge in [-0.25, -0.2) is 0 Å². The first-order valence-electron chi connectivity index (χ1n) is 6.53. The van der Waals surface area contributed by atoms with E-state index in [0.717, 1.165) is 16.8 Å². The molecule has 0 spiro atoms. The summed E-state index contributed by atoms with van der Waals surface area (Å²) < 4.78 is 1.62. The second-order valence-corrected chi connectivity index (χ2v) is 4.75. The minimum Gasteiger partial charge on any atom is -0.384 e. The van der Waals surface area contributed by atoms with Crippen LogP contribution in [0.5, 0.6) is 0 Å². The number of aliphatic hydroxyl groups excluding tert-OH is 1. The Hall–Kier alpha value is -2.58. The van der Waals surface area contributed by atoms with E-state index in [0.29, 0.717) is 11.3 Å². The highest BCUT2D eigenvalue weighted by molar-refractivity contribution is 6.05. The summed E-state index contributed by atoms with van der Waals surface area (Å²) in [5, 5.41) is 15.7. The predicted molar refractivity (Wildman–Crippen MR) is 81.0 cm³/mol. The molecule has 5 nitrogen and oxygen atoms in total. The number of anilines is 1. The summed E-state index contributed by atoms with van der Waals surface area (Å²) in [5.41, 5.74) is 3.70. The number of rotatable bonds is 2. The molecule has 2 aromatic rings. The Morgan fingerprint density at radius 3 is 2.76 bits per heavy atom. The average Bonchev–Trinajstić information content (AvgIpc) is 2.78. The lowest BCUT2D eigenvalue weighted by Gasteiger charge is -2.08. The maximum atomic E-state index is 12.2. The number of hydrogen-bond acceptors (Lipinski definition) is 3.